The number of nitrogens with one attached hydrogen (secondary N) is 1. The van der Waals surface area contributed by atoms with Crippen LogP contribution in [0.1, 0.15) is 38.9 Å². The maximum atomic E-state index is 6.95. The highest BCUT2D eigenvalue weighted by Gasteiger charge is 2.52. The summed E-state index contributed by atoms with van der Waals surface area (Å²) in [5, 5.41) is 3.79. The maximum Gasteiger partial charge on any atom is 0.0769 e. The lowest BCUT2D eigenvalue weighted by Crippen LogP contribution is -2.37. The fourth-order valence-electron chi connectivity index (χ4n) is 8.85. The van der Waals surface area contributed by atoms with Crippen LogP contribution in [0.3, 0.4) is 0 Å². The molecule has 3 N–H and O–H groups in total. The molecule has 0 atom stereocenters. The number of nitrogens with zero attached hydrogens (tertiary/aromatic N) is 2. The van der Waals surface area contributed by atoms with Gasteiger partial charge in [-0.15, -0.1) is 0 Å². The van der Waals surface area contributed by atoms with E-state index in [0.29, 0.717) is 12.2 Å². The Balaban J connectivity index is 1.11. The second-order valence-electron chi connectivity index (χ2n) is 14.5. The molecule has 56 heavy (non-hydrogen) atoms. The van der Waals surface area contributed by atoms with Crippen molar-refractivity contribution in [1.29, 1.82) is 0 Å². The average molecular weight is 721 g/mol. The number of para-hydroxylation sites is 3. The Hall–Kier alpha value is -7.17. The number of hydrogen-bond acceptors (Lipinski definition) is 4. The van der Waals surface area contributed by atoms with Crippen molar-refractivity contribution in [2.45, 2.75) is 12.0 Å². The summed E-state index contributed by atoms with van der Waals surface area (Å²) in [6.07, 6.45) is 6.63. The summed E-state index contributed by atoms with van der Waals surface area (Å²) in [7, 11) is 0. The van der Waals surface area contributed by atoms with Crippen molar-refractivity contribution in [3.05, 3.63) is 245 Å². The molecule has 3 aliphatic rings. The number of nitrogens with two attached hydrogens (primary N) is 1. The van der Waals surface area contributed by atoms with Gasteiger partial charge in [-0.05, 0) is 92.6 Å². The van der Waals surface area contributed by atoms with Gasteiger partial charge in [0.05, 0.1) is 29.0 Å². The standard InChI is InChI=1S/C52H40N4/c53-47(34-48(37-18-6-2-7-19-37)55-35-36-16-4-1-5-17-36)40-21-14-20-38(32-40)39-29-30-42-46(33-39)52(45-26-15-31-54-51(42)45)43-24-10-12-27-49(43)56(41-22-8-3-9-23-41)50-28-13-11-25-44(50)52/h1-30,32-34,54H,31,35,53H2/b47-34-,55-48+. The van der Waals surface area contributed by atoms with Crippen molar-refractivity contribution in [3.8, 4) is 11.1 Å². The molecule has 10 rings (SSSR count). The summed E-state index contributed by atoms with van der Waals surface area (Å²) in [6, 6.07) is 64.8. The Morgan fingerprint density at radius 1 is 0.625 bits per heavy atom. The Bertz CT molecular complexity index is 2680. The van der Waals surface area contributed by atoms with Gasteiger partial charge in [-0.25, -0.2) is 0 Å². The largest absolute Gasteiger partial charge is 0.398 e. The first-order valence-electron chi connectivity index (χ1n) is 19.3. The monoisotopic (exact) mass is 720 g/mol. The predicted octanol–water partition coefficient (Wildman–Crippen LogP) is 11.3. The number of hydrogen-bond donors (Lipinski definition) is 2. The molecule has 0 saturated heterocycles. The first-order valence-corrected chi connectivity index (χ1v) is 19.3. The number of fused-ring (bicyclic) bond motifs is 8. The van der Waals surface area contributed by atoms with Crippen LogP contribution in [0.5, 0.6) is 0 Å². The average Bonchev–Trinajstić information content (AvgIpc) is 3.56. The lowest BCUT2D eigenvalue weighted by Gasteiger charge is -2.45. The molecule has 0 aromatic heterocycles. The van der Waals surface area contributed by atoms with Gasteiger partial charge in [-0.3, -0.25) is 4.99 Å². The molecule has 2 aliphatic heterocycles. The van der Waals surface area contributed by atoms with Gasteiger partial charge in [-0.1, -0.05) is 158 Å². The van der Waals surface area contributed by atoms with Crippen LogP contribution < -0.4 is 16.0 Å². The zero-order chi connectivity index (χ0) is 37.5. The van der Waals surface area contributed by atoms with E-state index in [-0.39, 0.29) is 0 Å². The zero-order valence-corrected chi connectivity index (χ0v) is 30.9. The number of dihydropyridines is 1. The summed E-state index contributed by atoms with van der Waals surface area (Å²) < 4.78 is 0. The SMILES string of the molecule is N/C(=C\C(=N/Cc1ccccc1)c1ccccc1)c1cccc(-c2ccc3c(c2)C2(C4=C3NCC=C4)c3ccccc3N(c3ccccc3)c3ccccc32)c1. The van der Waals surface area contributed by atoms with E-state index in [1.165, 1.54) is 44.9 Å². The van der Waals surface area contributed by atoms with Gasteiger partial charge >= 0.3 is 0 Å². The van der Waals surface area contributed by atoms with Crippen molar-refractivity contribution < 1.29 is 0 Å². The number of anilines is 3. The van der Waals surface area contributed by atoms with Crippen LogP contribution in [0.25, 0.3) is 22.5 Å². The molecule has 7 aromatic rings. The van der Waals surface area contributed by atoms with Crippen LogP contribution in [-0.4, -0.2) is 12.3 Å². The van der Waals surface area contributed by atoms with Crippen LogP contribution in [0.15, 0.2) is 211 Å². The molecule has 7 aromatic carbocycles. The van der Waals surface area contributed by atoms with E-state index in [2.05, 4.69) is 168 Å². The summed E-state index contributed by atoms with van der Waals surface area (Å²) in [6.45, 7) is 1.37. The quantitative estimate of drug-likeness (QED) is 0.161. The topological polar surface area (TPSA) is 53.6 Å². The molecule has 0 bridgehead atoms. The normalized spacial score (nSPS) is 15.2. The van der Waals surface area contributed by atoms with E-state index in [0.717, 1.165) is 45.8 Å². The van der Waals surface area contributed by atoms with Crippen LogP contribution in [0, 0.1) is 0 Å². The van der Waals surface area contributed by atoms with E-state index >= 15 is 0 Å². The molecule has 0 radical (unpaired) electrons. The fraction of sp³-hybridized carbons (Fsp3) is 0.0577. The van der Waals surface area contributed by atoms with Gasteiger partial charge in [0.15, 0.2) is 0 Å². The Morgan fingerprint density at radius 3 is 1.98 bits per heavy atom. The van der Waals surface area contributed by atoms with Gasteiger partial charge in [0.25, 0.3) is 0 Å². The van der Waals surface area contributed by atoms with Gasteiger partial charge in [-0.2, -0.15) is 0 Å². The van der Waals surface area contributed by atoms with Crippen molar-refractivity contribution in [1.82, 2.24) is 5.32 Å². The molecule has 0 saturated carbocycles. The van der Waals surface area contributed by atoms with Gasteiger partial charge in [0, 0.05) is 29.2 Å². The van der Waals surface area contributed by atoms with Crippen LogP contribution in [-0.2, 0) is 12.0 Å². The summed E-state index contributed by atoms with van der Waals surface area (Å²) in [4.78, 5) is 7.46. The molecular weight excluding hydrogens is 681 g/mol. The van der Waals surface area contributed by atoms with E-state index < -0.39 is 5.41 Å². The molecule has 4 heteroatoms. The summed E-state index contributed by atoms with van der Waals surface area (Å²) >= 11 is 0. The third-order valence-electron chi connectivity index (χ3n) is 11.3. The lowest BCUT2D eigenvalue weighted by atomic mass is 9.63. The first-order chi connectivity index (χ1) is 27.7. The van der Waals surface area contributed by atoms with Crippen molar-refractivity contribution in [2.24, 2.45) is 10.7 Å². The summed E-state index contributed by atoms with van der Waals surface area (Å²) in [5.41, 5.74) is 24.4. The minimum absolute atomic E-state index is 0.528. The van der Waals surface area contributed by atoms with E-state index in [1.807, 2.05) is 42.5 Å². The van der Waals surface area contributed by atoms with Gasteiger partial charge in [0.2, 0.25) is 0 Å². The third kappa shape index (κ3) is 5.49. The highest BCUT2D eigenvalue weighted by Crippen LogP contribution is 2.63. The highest BCUT2D eigenvalue weighted by molar-refractivity contribution is 6.12. The van der Waals surface area contributed by atoms with E-state index in [1.54, 1.807) is 0 Å². The van der Waals surface area contributed by atoms with Gasteiger partial charge < -0.3 is 16.0 Å². The highest BCUT2D eigenvalue weighted by atomic mass is 15.2. The molecule has 1 spiro atoms. The second-order valence-corrected chi connectivity index (χ2v) is 14.5. The number of allylic oxidation sites excluding steroid dienone is 3. The summed E-state index contributed by atoms with van der Waals surface area (Å²) in [5.74, 6) is 0. The number of rotatable bonds is 7. The van der Waals surface area contributed by atoms with Crippen LogP contribution in [0.2, 0.25) is 0 Å². The maximum absolute atomic E-state index is 6.95. The molecule has 2 heterocycles. The zero-order valence-electron chi connectivity index (χ0n) is 30.9. The molecule has 0 fully saturated rings. The molecule has 268 valence electrons. The molecule has 1 aliphatic carbocycles. The van der Waals surface area contributed by atoms with Crippen molar-refractivity contribution >= 4 is 34.2 Å². The Kier molecular flexibility index (Phi) is 8.30. The third-order valence-corrected chi connectivity index (χ3v) is 11.3. The second kappa shape index (κ2) is 13.9. The number of benzene rings is 7. The first kappa shape index (κ1) is 33.4. The minimum atomic E-state index is -0.528. The lowest BCUT2D eigenvalue weighted by molar-refractivity contribution is 0.741. The molecule has 0 amide bonds. The number of aliphatic imine (C=N–C) groups is 1. The minimum Gasteiger partial charge on any atom is -0.398 e. The smallest absolute Gasteiger partial charge is 0.0769 e. The predicted molar refractivity (Wildman–Crippen MR) is 232 cm³/mol. The van der Waals surface area contributed by atoms with Crippen LogP contribution >= 0.6 is 0 Å². The molecule has 4 nitrogen and oxygen atoms in total. The van der Waals surface area contributed by atoms with Gasteiger partial charge in [0.1, 0.15) is 0 Å². The van der Waals surface area contributed by atoms with E-state index in [4.69, 9.17) is 10.7 Å². The molecular formula is C52H40N4. The van der Waals surface area contributed by atoms with E-state index in [9.17, 15) is 0 Å². The fourth-order valence-corrected chi connectivity index (χ4v) is 8.85. The molecule has 0 unspecified atom stereocenters. The van der Waals surface area contributed by atoms with Crippen molar-refractivity contribution in [3.63, 3.8) is 0 Å². The van der Waals surface area contributed by atoms with Crippen molar-refractivity contribution in [2.75, 3.05) is 11.4 Å². The van der Waals surface area contributed by atoms with Crippen LogP contribution in [0.4, 0.5) is 17.1 Å². The Labute approximate surface area is 328 Å². The Morgan fingerprint density at radius 2 is 1.25 bits per heavy atom.